The van der Waals surface area contributed by atoms with Crippen LogP contribution >= 0.6 is 0 Å². The van der Waals surface area contributed by atoms with Crippen molar-refractivity contribution in [2.24, 2.45) is 5.92 Å². The highest BCUT2D eigenvalue weighted by atomic mass is 19.1. The molecule has 3 aromatic rings. The fraction of sp³-hybridized carbons (Fsp3) is 0.333. The van der Waals surface area contributed by atoms with Crippen LogP contribution in [0.4, 0.5) is 10.1 Å². The summed E-state index contributed by atoms with van der Waals surface area (Å²) >= 11 is 0. The highest BCUT2D eigenvalue weighted by Crippen LogP contribution is 2.44. The molecule has 5 rings (SSSR count). The van der Waals surface area contributed by atoms with Gasteiger partial charge in [0.05, 0.1) is 0 Å². The summed E-state index contributed by atoms with van der Waals surface area (Å²) in [4.78, 5) is 5.21. The number of piperazine rings is 1. The molecule has 0 spiro atoms. The molecule has 1 saturated carbocycles. The van der Waals surface area contributed by atoms with E-state index in [1.54, 1.807) is 0 Å². The third kappa shape index (κ3) is 4.41. The van der Waals surface area contributed by atoms with Gasteiger partial charge in [0.1, 0.15) is 5.82 Å². The van der Waals surface area contributed by atoms with Crippen molar-refractivity contribution in [1.82, 2.24) is 4.90 Å². The van der Waals surface area contributed by atoms with Crippen LogP contribution < -0.4 is 4.90 Å². The van der Waals surface area contributed by atoms with Gasteiger partial charge in [-0.15, -0.1) is 0 Å². The normalized spacial score (nSPS) is 18.4. The van der Waals surface area contributed by atoms with E-state index in [2.05, 4.69) is 64.4 Å². The van der Waals surface area contributed by atoms with Crippen molar-refractivity contribution in [1.29, 1.82) is 0 Å². The first-order valence-corrected chi connectivity index (χ1v) is 11.1. The topological polar surface area (TPSA) is 6.48 Å². The van der Waals surface area contributed by atoms with Gasteiger partial charge in [-0.3, -0.25) is 4.90 Å². The van der Waals surface area contributed by atoms with E-state index in [0.29, 0.717) is 6.04 Å². The molecule has 1 unspecified atom stereocenters. The van der Waals surface area contributed by atoms with E-state index >= 15 is 0 Å². The molecule has 0 N–H and O–H groups in total. The average Bonchev–Trinajstić information content (AvgIpc) is 3.63. The first kappa shape index (κ1) is 19.3. The second kappa shape index (κ2) is 8.61. The lowest BCUT2D eigenvalue weighted by Gasteiger charge is -2.40. The smallest absolute Gasteiger partial charge is 0.123 e. The maximum absolute atomic E-state index is 13.1. The van der Waals surface area contributed by atoms with Crippen LogP contribution in [0.1, 0.15) is 35.6 Å². The third-order valence-electron chi connectivity index (χ3n) is 6.54. The fourth-order valence-electron chi connectivity index (χ4n) is 4.76. The zero-order valence-electron chi connectivity index (χ0n) is 17.4. The lowest BCUT2D eigenvalue weighted by Crippen LogP contribution is -2.48. The Morgan fingerprint density at radius 3 is 1.93 bits per heavy atom. The molecule has 3 heteroatoms. The van der Waals surface area contributed by atoms with Crippen LogP contribution in [-0.4, -0.2) is 31.1 Å². The van der Waals surface area contributed by atoms with Crippen LogP contribution in [-0.2, 0) is 6.42 Å². The van der Waals surface area contributed by atoms with Crippen molar-refractivity contribution < 1.29 is 4.39 Å². The molecule has 154 valence electrons. The van der Waals surface area contributed by atoms with Gasteiger partial charge in [0.25, 0.3) is 0 Å². The van der Waals surface area contributed by atoms with Gasteiger partial charge in [-0.2, -0.15) is 0 Å². The Morgan fingerprint density at radius 2 is 1.33 bits per heavy atom. The summed E-state index contributed by atoms with van der Waals surface area (Å²) in [5, 5.41) is 0. The molecule has 1 heterocycles. The maximum Gasteiger partial charge on any atom is 0.123 e. The molecule has 1 aliphatic heterocycles. The van der Waals surface area contributed by atoms with Gasteiger partial charge in [0.15, 0.2) is 0 Å². The van der Waals surface area contributed by atoms with Crippen LogP contribution in [0.25, 0.3) is 0 Å². The Morgan fingerprint density at radius 1 is 0.733 bits per heavy atom. The van der Waals surface area contributed by atoms with Crippen LogP contribution in [0.2, 0.25) is 0 Å². The average molecular weight is 401 g/mol. The first-order valence-electron chi connectivity index (χ1n) is 11.1. The Bertz CT molecular complexity index is 940. The van der Waals surface area contributed by atoms with Crippen LogP contribution in [0.3, 0.4) is 0 Å². The zero-order chi connectivity index (χ0) is 20.3. The Balaban J connectivity index is 1.20. The van der Waals surface area contributed by atoms with Gasteiger partial charge in [-0.1, -0.05) is 54.6 Å². The number of hydrogen-bond acceptors (Lipinski definition) is 2. The highest BCUT2D eigenvalue weighted by Gasteiger charge is 2.37. The van der Waals surface area contributed by atoms with Gasteiger partial charge < -0.3 is 4.90 Å². The largest absolute Gasteiger partial charge is 0.369 e. The summed E-state index contributed by atoms with van der Waals surface area (Å²) in [7, 11) is 0. The second-order valence-electron chi connectivity index (χ2n) is 8.69. The van der Waals surface area contributed by atoms with Crippen molar-refractivity contribution in [3.05, 3.63) is 101 Å². The molecule has 1 atom stereocenters. The third-order valence-corrected chi connectivity index (χ3v) is 6.54. The van der Waals surface area contributed by atoms with Crippen LogP contribution in [0.15, 0.2) is 78.9 Å². The molecule has 2 aliphatic rings. The highest BCUT2D eigenvalue weighted by molar-refractivity contribution is 5.48. The van der Waals surface area contributed by atoms with Crippen LogP contribution in [0, 0.1) is 11.7 Å². The molecule has 0 aromatic heterocycles. The lowest BCUT2D eigenvalue weighted by molar-refractivity contribution is 0.167. The Hall–Kier alpha value is -2.65. The summed E-state index contributed by atoms with van der Waals surface area (Å²) in [5.74, 6) is 0.661. The van der Waals surface area contributed by atoms with Crippen molar-refractivity contribution in [2.75, 3.05) is 31.1 Å². The number of hydrogen-bond donors (Lipinski definition) is 0. The van der Waals surface area contributed by atoms with E-state index in [1.807, 2.05) is 12.1 Å². The van der Waals surface area contributed by atoms with Gasteiger partial charge >= 0.3 is 0 Å². The number of nitrogens with zero attached hydrogens (tertiary/aromatic N) is 2. The van der Waals surface area contributed by atoms with Gasteiger partial charge in [-0.25, -0.2) is 4.39 Å². The number of rotatable bonds is 6. The van der Waals surface area contributed by atoms with Crippen molar-refractivity contribution >= 4 is 5.69 Å². The van der Waals surface area contributed by atoms with E-state index in [1.165, 1.54) is 41.8 Å². The van der Waals surface area contributed by atoms with E-state index < -0.39 is 0 Å². The number of halogens is 1. The quantitative estimate of drug-likeness (QED) is 0.524. The molecule has 1 aliphatic carbocycles. The predicted octanol–water partition coefficient (Wildman–Crippen LogP) is 5.69. The summed E-state index contributed by atoms with van der Waals surface area (Å²) in [6, 6.07) is 27.4. The maximum atomic E-state index is 13.1. The van der Waals surface area contributed by atoms with E-state index in [-0.39, 0.29) is 5.82 Å². The van der Waals surface area contributed by atoms with Gasteiger partial charge in [0, 0.05) is 37.9 Å². The molecule has 0 amide bonds. The van der Waals surface area contributed by atoms with E-state index in [9.17, 15) is 4.39 Å². The summed E-state index contributed by atoms with van der Waals surface area (Å²) in [5.41, 5.74) is 5.20. The molecular weight excluding hydrogens is 371 g/mol. The lowest BCUT2D eigenvalue weighted by atomic mass is 9.99. The molecular formula is C27H29FN2. The monoisotopic (exact) mass is 400 g/mol. The minimum absolute atomic E-state index is 0.176. The number of benzene rings is 3. The number of anilines is 1. The summed E-state index contributed by atoms with van der Waals surface area (Å²) in [6.07, 6.45) is 3.58. The van der Waals surface area contributed by atoms with Gasteiger partial charge in [-0.05, 0) is 66.1 Å². The molecule has 0 bridgehead atoms. The van der Waals surface area contributed by atoms with Crippen LogP contribution in [0.5, 0.6) is 0 Å². The zero-order valence-corrected chi connectivity index (χ0v) is 17.4. The van der Waals surface area contributed by atoms with Gasteiger partial charge in [0.2, 0.25) is 0 Å². The molecule has 30 heavy (non-hydrogen) atoms. The summed E-state index contributed by atoms with van der Waals surface area (Å²) < 4.78 is 13.1. The predicted molar refractivity (Wildman–Crippen MR) is 121 cm³/mol. The first-order chi connectivity index (χ1) is 14.8. The Labute approximate surface area is 179 Å². The van der Waals surface area contributed by atoms with E-state index in [4.69, 9.17) is 0 Å². The minimum atomic E-state index is -0.176. The molecule has 3 aromatic carbocycles. The van der Waals surface area contributed by atoms with Crippen molar-refractivity contribution in [3.8, 4) is 0 Å². The SMILES string of the molecule is Fc1ccc(Cc2ccc(N3CCN(C(c4ccccc4)C4CC4)CC3)cc2)cc1. The van der Waals surface area contributed by atoms with E-state index in [0.717, 1.165) is 44.1 Å². The standard InChI is InChI=1S/C27H29FN2/c28-25-12-6-21(7-13-25)20-22-8-14-26(15-9-22)29-16-18-30(19-17-29)27(24-10-11-24)23-4-2-1-3-5-23/h1-9,12-15,24,27H,10-11,16-20H2. The minimum Gasteiger partial charge on any atom is -0.369 e. The summed E-state index contributed by atoms with van der Waals surface area (Å²) in [6.45, 7) is 4.39. The van der Waals surface area contributed by atoms with Crippen molar-refractivity contribution in [2.45, 2.75) is 25.3 Å². The Kier molecular flexibility index (Phi) is 5.54. The molecule has 1 saturated heterocycles. The van der Waals surface area contributed by atoms with Crippen molar-refractivity contribution in [3.63, 3.8) is 0 Å². The fourth-order valence-corrected chi connectivity index (χ4v) is 4.76. The molecule has 0 radical (unpaired) electrons. The second-order valence-corrected chi connectivity index (χ2v) is 8.69. The molecule has 2 nitrogen and oxygen atoms in total. The molecule has 2 fully saturated rings.